The Kier molecular flexibility index (Phi) is 2.59. The summed E-state index contributed by atoms with van der Waals surface area (Å²) in [6.45, 7) is 2.59. The summed E-state index contributed by atoms with van der Waals surface area (Å²) in [5.41, 5.74) is 0. The maximum atomic E-state index is 11.0. The van der Waals surface area contributed by atoms with E-state index in [-0.39, 0.29) is 13.2 Å². The number of nitrogens with one attached hydrogen (secondary N) is 1. The second kappa shape index (κ2) is 3.70. The summed E-state index contributed by atoms with van der Waals surface area (Å²) < 4.78 is 4.66. The van der Waals surface area contributed by atoms with Gasteiger partial charge in [0.05, 0.1) is 0 Å². The van der Waals surface area contributed by atoms with Crippen LogP contribution >= 0.6 is 0 Å². The van der Waals surface area contributed by atoms with Gasteiger partial charge in [0.1, 0.15) is 0 Å². The van der Waals surface area contributed by atoms with E-state index in [1.807, 2.05) is 6.92 Å². The van der Waals surface area contributed by atoms with Crippen molar-refractivity contribution in [2.75, 3.05) is 6.54 Å². The fourth-order valence-electron chi connectivity index (χ4n) is 0.586. The van der Waals surface area contributed by atoms with Crippen molar-refractivity contribution in [2.24, 2.45) is 0 Å². The molecule has 11 heavy (non-hydrogen) atoms. The first-order valence-electron chi connectivity index (χ1n) is 3.39. The van der Waals surface area contributed by atoms with E-state index < -0.39 is 0 Å². The molecule has 62 valence electrons. The molecule has 0 saturated carbocycles. The minimum Gasteiger partial charge on any atom is -0.420 e. The lowest BCUT2D eigenvalue weighted by atomic mass is 10.4. The van der Waals surface area contributed by atoms with E-state index in [1.165, 1.54) is 0 Å². The molecule has 0 spiro atoms. The quantitative estimate of drug-likeness (QED) is 0.691. The average molecular weight is 157 g/mol. The van der Waals surface area contributed by atoms with Crippen molar-refractivity contribution in [3.05, 3.63) is 12.3 Å². The van der Waals surface area contributed by atoms with Gasteiger partial charge in [0, 0.05) is 7.97 Å². The van der Waals surface area contributed by atoms with Gasteiger partial charge < -0.3 is 9.73 Å². The van der Waals surface area contributed by atoms with Crippen molar-refractivity contribution in [1.29, 1.82) is 0 Å². The van der Waals surface area contributed by atoms with E-state index in [1.54, 1.807) is 0 Å². The molecule has 0 saturated heterocycles. The summed E-state index contributed by atoms with van der Waals surface area (Å²) in [5, 5.41) is 9.41. The van der Waals surface area contributed by atoms with Crippen LogP contribution in [0, 0.1) is 0 Å². The predicted octanol–water partition coefficient (Wildman–Crippen LogP) is 0.455. The van der Waals surface area contributed by atoms with Gasteiger partial charge in [-0.05, 0) is 6.42 Å². The number of aromatic nitrogens is 2. The minimum atomic E-state index is -0.315. The molecule has 1 aromatic heterocycles. The van der Waals surface area contributed by atoms with Crippen molar-refractivity contribution in [3.63, 3.8) is 0 Å². The zero-order valence-electron chi connectivity index (χ0n) is 6.20. The molecular formula is C6H11N3O2. The van der Waals surface area contributed by atoms with Gasteiger partial charge in [0.25, 0.3) is 0 Å². The first-order chi connectivity index (χ1) is 5.34. The van der Waals surface area contributed by atoms with Crippen molar-refractivity contribution in [1.82, 2.24) is 15.5 Å². The van der Waals surface area contributed by atoms with Crippen LogP contribution in [0.2, 0.25) is 0 Å². The molecule has 1 amide bonds. The van der Waals surface area contributed by atoms with E-state index >= 15 is 0 Å². The molecule has 1 heterocycles. The largest absolute Gasteiger partial charge is 0.420 e. The standard InChI is InChI=1S/C6H9N3O2.H2/c1-2-3-7-5(10)6-9-8-4-11-6;/h4H,2-3H2,1H3,(H,7,10);1H. The molecule has 0 aromatic carbocycles. The normalized spacial score (nSPS) is 9.55. The molecule has 0 aliphatic heterocycles. The summed E-state index contributed by atoms with van der Waals surface area (Å²) in [5.74, 6) is -0.303. The molecule has 0 aliphatic carbocycles. The van der Waals surface area contributed by atoms with E-state index in [4.69, 9.17) is 0 Å². The topological polar surface area (TPSA) is 68.0 Å². The lowest BCUT2D eigenvalue weighted by molar-refractivity contribution is 0.0919. The maximum absolute atomic E-state index is 11.0. The fourth-order valence-corrected chi connectivity index (χ4v) is 0.586. The minimum absolute atomic E-state index is 0. The van der Waals surface area contributed by atoms with Crippen LogP contribution in [0.3, 0.4) is 0 Å². The summed E-state index contributed by atoms with van der Waals surface area (Å²) in [4.78, 5) is 11.0. The van der Waals surface area contributed by atoms with Crippen molar-refractivity contribution in [3.8, 4) is 0 Å². The monoisotopic (exact) mass is 157 g/mol. The third kappa shape index (κ3) is 2.03. The lowest BCUT2D eigenvalue weighted by Crippen LogP contribution is -2.24. The summed E-state index contributed by atoms with van der Waals surface area (Å²) in [6, 6.07) is 0. The lowest BCUT2D eigenvalue weighted by Gasteiger charge is -1.96. The number of nitrogens with zero attached hydrogens (tertiary/aromatic N) is 2. The molecule has 0 radical (unpaired) electrons. The van der Waals surface area contributed by atoms with Crippen LogP contribution in [-0.4, -0.2) is 22.6 Å². The number of amides is 1. The van der Waals surface area contributed by atoms with Crippen LogP contribution < -0.4 is 5.32 Å². The number of hydrogen-bond donors (Lipinski definition) is 1. The number of carbonyl (C=O) groups is 1. The second-order valence-corrected chi connectivity index (χ2v) is 2.00. The van der Waals surface area contributed by atoms with E-state index in [2.05, 4.69) is 19.9 Å². The first-order valence-corrected chi connectivity index (χ1v) is 3.39. The summed E-state index contributed by atoms with van der Waals surface area (Å²) in [6.07, 6.45) is 2.01. The van der Waals surface area contributed by atoms with Crippen molar-refractivity contribution < 1.29 is 10.6 Å². The smallest absolute Gasteiger partial charge is 0.308 e. The van der Waals surface area contributed by atoms with Crippen LogP contribution in [0.4, 0.5) is 0 Å². The van der Waals surface area contributed by atoms with Crippen LogP contribution in [0.15, 0.2) is 10.8 Å². The Balaban J connectivity index is 0.00000121. The Morgan fingerprint density at radius 1 is 1.91 bits per heavy atom. The summed E-state index contributed by atoms with van der Waals surface area (Å²) >= 11 is 0. The van der Waals surface area contributed by atoms with Crippen LogP contribution in [0.1, 0.15) is 25.5 Å². The van der Waals surface area contributed by atoms with Crippen molar-refractivity contribution in [2.45, 2.75) is 13.3 Å². The van der Waals surface area contributed by atoms with Gasteiger partial charge in [-0.15, -0.1) is 10.2 Å². The van der Waals surface area contributed by atoms with Gasteiger partial charge in [-0.3, -0.25) is 4.79 Å². The number of rotatable bonds is 3. The highest BCUT2D eigenvalue weighted by Crippen LogP contribution is 1.89. The number of carbonyl (C=O) groups excluding carboxylic acids is 1. The van der Waals surface area contributed by atoms with E-state index in [9.17, 15) is 4.79 Å². The van der Waals surface area contributed by atoms with Crippen molar-refractivity contribution >= 4 is 5.91 Å². The Hall–Kier alpha value is -1.39. The Morgan fingerprint density at radius 3 is 3.27 bits per heavy atom. The third-order valence-corrected chi connectivity index (χ3v) is 1.09. The SMILES string of the molecule is CCCNC(=O)c1nnco1.[HH]. The van der Waals surface area contributed by atoms with Gasteiger partial charge in [0.15, 0.2) is 0 Å². The van der Waals surface area contributed by atoms with Gasteiger partial charge in [-0.2, -0.15) is 0 Å². The van der Waals surface area contributed by atoms with Gasteiger partial charge in [-0.1, -0.05) is 6.92 Å². The van der Waals surface area contributed by atoms with Crippen LogP contribution in [0.5, 0.6) is 0 Å². The highest BCUT2D eigenvalue weighted by molar-refractivity contribution is 5.89. The number of hydrogen-bond acceptors (Lipinski definition) is 4. The predicted molar refractivity (Wildman–Crippen MR) is 39.0 cm³/mol. The molecule has 0 atom stereocenters. The molecular weight excluding hydrogens is 146 g/mol. The van der Waals surface area contributed by atoms with Crippen LogP contribution in [-0.2, 0) is 0 Å². The average Bonchev–Trinajstić information content (AvgIpc) is 2.52. The highest BCUT2D eigenvalue weighted by atomic mass is 16.4. The Labute approximate surface area is 65.3 Å². The Morgan fingerprint density at radius 2 is 2.73 bits per heavy atom. The molecule has 0 aliphatic rings. The van der Waals surface area contributed by atoms with E-state index in [0.717, 1.165) is 12.8 Å². The molecule has 0 bridgehead atoms. The summed E-state index contributed by atoms with van der Waals surface area (Å²) in [7, 11) is 0. The second-order valence-electron chi connectivity index (χ2n) is 2.00. The van der Waals surface area contributed by atoms with Crippen LogP contribution in [0.25, 0.3) is 0 Å². The third-order valence-electron chi connectivity index (χ3n) is 1.09. The maximum Gasteiger partial charge on any atom is 0.308 e. The molecule has 5 nitrogen and oxygen atoms in total. The molecule has 1 rings (SSSR count). The van der Waals surface area contributed by atoms with E-state index in [0.29, 0.717) is 6.54 Å². The fraction of sp³-hybridized carbons (Fsp3) is 0.500. The molecule has 1 N–H and O–H groups in total. The molecule has 0 unspecified atom stereocenters. The molecule has 1 aromatic rings. The van der Waals surface area contributed by atoms with Gasteiger partial charge >= 0.3 is 11.8 Å². The Bertz CT molecular complexity index is 225. The zero-order chi connectivity index (χ0) is 8.10. The zero-order valence-corrected chi connectivity index (χ0v) is 6.20. The van der Waals surface area contributed by atoms with Gasteiger partial charge in [-0.25, -0.2) is 0 Å². The highest BCUT2D eigenvalue weighted by Gasteiger charge is 2.08. The first kappa shape index (κ1) is 7.71. The molecule has 0 fully saturated rings. The molecule has 5 heteroatoms. The van der Waals surface area contributed by atoms with Gasteiger partial charge in [0.2, 0.25) is 6.39 Å².